The van der Waals surface area contributed by atoms with Crippen LogP contribution < -0.4 is 0 Å². The molecular weight excluding hydrogens is 264 g/mol. The number of nitrogens with zero attached hydrogens (tertiary/aromatic N) is 2. The van der Waals surface area contributed by atoms with Gasteiger partial charge in [-0.25, -0.2) is 4.99 Å². The number of fused-ring (bicyclic) bond motifs is 2. The van der Waals surface area contributed by atoms with Gasteiger partial charge >= 0.3 is 0 Å². The molecule has 1 saturated heterocycles. The number of hydrogen-bond donors (Lipinski definition) is 0. The first kappa shape index (κ1) is 10.3. The maximum atomic E-state index is 4.80. The van der Waals surface area contributed by atoms with Crippen LogP contribution in [0.2, 0.25) is 0 Å². The summed E-state index contributed by atoms with van der Waals surface area (Å²) in [6.45, 7) is 2.22. The van der Waals surface area contributed by atoms with Crippen LogP contribution in [0.5, 0.6) is 0 Å². The summed E-state index contributed by atoms with van der Waals surface area (Å²) in [4.78, 5) is 7.25. The van der Waals surface area contributed by atoms with Crippen molar-refractivity contribution >= 4 is 27.5 Å². The first-order valence-corrected chi connectivity index (χ1v) is 6.73. The van der Waals surface area contributed by atoms with Crippen molar-refractivity contribution in [2.75, 3.05) is 6.54 Å². The standard InChI is InChI=1S/C13H15BrN2/c14-11-6-5-10-9-16-7-3-1-2-4-13(16)15-12(10)8-11/h5-6,8H,1-4,7,9H2. The van der Waals surface area contributed by atoms with Crippen molar-refractivity contribution in [2.45, 2.75) is 32.2 Å². The third-order valence-corrected chi connectivity index (χ3v) is 3.84. The molecule has 1 aromatic rings. The minimum absolute atomic E-state index is 1.04. The lowest BCUT2D eigenvalue weighted by molar-refractivity contribution is 0.403. The summed E-state index contributed by atoms with van der Waals surface area (Å²) >= 11 is 3.51. The molecule has 16 heavy (non-hydrogen) atoms. The fourth-order valence-corrected chi connectivity index (χ4v) is 2.82. The number of amidine groups is 1. The Kier molecular flexibility index (Phi) is 2.72. The van der Waals surface area contributed by atoms with Crippen molar-refractivity contribution in [3.63, 3.8) is 0 Å². The van der Waals surface area contributed by atoms with E-state index in [4.69, 9.17) is 4.99 Å². The van der Waals surface area contributed by atoms with Crippen molar-refractivity contribution in [1.82, 2.24) is 4.90 Å². The third kappa shape index (κ3) is 1.88. The Bertz CT molecular complexity index is 440. The summed E-state index contributed by atoms with van der Waals surface area (Å²) in [6.07, 6.45) is 5.09. The van der Waals surface area contributed by atoms with Crippen LogP contribution in [-0.4, -0.2) is 17.3 Å². The van der Waals surface area contributed by atoms with E-state index in [1.54, 1.807) is 0 Å². The fourth-order valence-electron chi connectivity index (χ4n) is 2.47. The van der Waals surface area contributed by atoms with Crippen LogP contribution in [0.4, 0.5) is 5.69 Å². The molecule has 3 heteroatoms. The van der Waals surface area contributed by atoms with E-state index in [1.807, 2.05) is 0 Å². The van der Waals surface area contributed by atoms with Crippen molar-refractivity contribution in [2.24, 2.45) is 4.99 Å². The van der Waals surface area contributed by atoms with Crippen LogP contribution in [0.15, 0.2) is 27.7 Å². The second kappa shape index (κ2) is 4.21. The minimum atomic E-state index is 1.04. The molecule has 2 heterocycles. The molecule has 0 saturated carbocycles. The molecule has 1 aromatic carbocycles. The van der Waals surface area contributed by atoms with Gasteiger partial charge in [-0.05, 0) is 30.5 Å². The SMILES string of the molecule is Brc1ccc2c(c1)N=C1CCCCCN1C2. The van der Waals surface area contributed by atoms with Gasteiger partial charge in [-0.2, -0.15) is 0 Å². The van der Waals surface area contributed by atoms with Gasteiger partial charge in [0, 0.05) is 24.0 Å². The molecule has 3 rings (SSSR count). The van der Waals surface area contributed by atoms with Gasteiger partial charge in [0.1, 0.15) is 5.84 Å². The zero-order chi connectivity index (χ0) is 11.0. The van der Waals surface area contributed by atoms with E-state index in [1.165, 1.54) is 37.2 Å². The van der Waals surface area contributed by atoms with Crippen molar-refractivity contribution in [1.29, 1.82) is 0 Å². The Morgan fingerprint density at radius 3 is 3.06 bits per heavy atom. The Morgan fingerprint density at radius 1 is 1.19 bits per heavy atom. The van der Waals surface area contributed by atoms with Gasteiger partial charge < -0.3 is 4.90 Å². The van der Waals surface area contributed by atoms with E-state index in [0.717, 1.165) is 23.1 Å². The van der Waals surface area contributed by atoms with Crippen molar-refractivity contribution in [3.05, 3.63) is 28.2 Å². The zero-order valence-corrected chi connectivity index (χ0v) is 10.8. The van der Waals surface area contributed by atoms with Crippen LogP contribution in [0, 0.1) is 0 Å². The predicted octanol–water partition coefficient (Wildman–Crippen LogP) is 3.87. The minimum Gasteiger partial charge on any atom is -0.356 e. The summed E-state index contributed by atoms with van der Waals surface area (Å²) in [5, 5.41) is 0. The fraction of sp³-hybridized carbons (Fsp3) is 0.462. The molecule has 0 radical (unpaired) electrons. The molecule has 1 fully saturated rings. The first-order valence-electron chi connectivity index (χ1n) is 5.94. The van der Waals surface area contributed by atoms with Gasteiger partial charge in [0.15, 0.2) is 0 Å². The second-order valence-electron chi connectivity index (χ2n) is 4.53. The zero-order valence-electron chi connectivity index (χ0n) is 9.25. The maximum Gasteiger partial charge on any atom is 0.105 e. The predicted molar refractivity (Wildman–Crippen MR) is 70.1 cm³/mol. The summed E-state index contributed by atoms with van der Waals surface area (Å²) < 4.78 is 1.12. The molecule has 0 aliphatic carbocycles. The molecular formula is C13H15BrN2. The third-order valence-electron chi connectivity index (χ3n) is 3.35. The summed E-state index contributed by atoms with van der Waals surface area (Å²) in [7, 11) is 0. The van der Waals surface area contributed by atoms with Gasteiger partial charge in [0.2, 0.25) is 0 Å². The highest BCUT2D eigenvalue weighted by atomic mass is 79.9. The number of rotatable bonds is 0. The van der Waals surface area contributed by atoms with Crippen molar-refractivity contribution in [3.8, 4) is 0 Å². The molecule has 2 nitrogen and oxygen atoms in total. The monoisotopic (exact) mass is 278 g/mol. The van der Waals surface area contributed by atoms with Crippen molar-refractivity contribution < 1.29 is 0 Å². The lowest BCUT2D eigenvalue weighted by Crippen LogP contribution is -2.32. The molecule has 2 aliphatic heterocycles. The van der Waals surface area contributed by atoms with Crippen LogP contribution in [-0.2, 0) is 6.54 Å². The molecule has 0 amide bonds. The van der Waals surface area contributed by atoms with Gasteiger partial charge in [-0.3, -0.25) is 0 Å². The molecule has 0 atom stereocenters. The van der Waals surface area contributed by atoms with Crippen LogP contribution in [0.1, 0.15) is 31.2 Å². The molecule has 0 bridgehead atoms. The Morgan fingerprint density at radius 2 is 2.12 bits per heavy atom. The smallest absolute Gasteiger partial charge is 0.105 e. The topological polar surface area (TPSA) is 15.6 Å². The number of aliphatic imine (C=N–C) groups is 1. The summed E-state index contributed by atoms with van der Waals surface area (Å²) in [6, 6.07) is 6.42. The number of hydrogen-bond acceptors (Lipinski definition) is 2. The van der Waals surface area contributed by atoms with E-state index in [0.29, 0.717) is 0 Å². The van der Waals surface area contributed by atoms with E-state index in [9.17, 15) is 0 Å². The van der Waals surface area contributed by atoms with E-state index >= 15 is 0 Å². The van der Waals surface area contributed by atoms with Gasteiger partial charge in [0.05, 0.1) is 5.69 Å². The Balaban J connectivity index is 2.00. The lowest BCUT2D eigenvalue weighted by Gasteiger charge is -2.29. The van der Waals surface area contributed by atoms with Crippen LogP contribution >= 0.6 is 15.9 Å². The summed E-state index contributed by atoms with van der Waals surface area (Å²) in [5.41, 5.74) is 2.51. The van der Waals surface area contributed by atoms with E-state index < -0.39 is 0 Å². The molecule has 0 N–H and O–H groups in total. The molecule has 2 aliphatic rings. The van der Waals surface area contributed by atoms with Crippen LogP contribution in [0.25, 0.3) is 0 Å². The normalized spacial score (nSPS) is 19.6. The molecule has 84 valence electrons. The number of halogens is 1. The Labute approximate surface area is 104 Å². The average Bonchev–Trinajstić information content (AvgIpc) is 2.50. The van der Waals surface area contributed by atoms with Gasteiger partial charge in [0.25, 0.3) is 0 Å². The molecule has 0 spiro atoms. The van der Waals surface area contributed by atoms with Gasteiger partial charge in [-0.15, -0.1) is 0 Å². The molecule has 0 unspecified atom stereocenters. The number of benzene rings is 1. The maximum absolute atomic E-state index is 4.80. The molecule has 0 aromatic heterocycles. The quantitative estimate of drug-likeness (QED) is 0.704. The van der Waals surface area contributed by atoms with Crippen LogP contribution in [0.3, 0.4) is 0 Å². The van der Waals surface area contributed by atoms with Gasteiger partial charge in [-0.1, -0.05) is 28.4 Å². The summed E-state index contributed by atoms with van der Waals surface area (Å²) in [5.74, 6) is 1.29. The average molecular weight is 279 g/mol. The highest BCUT2D eigenvalue weighted by Gasteiger charge is 2.20. The highest BCUT2D eigenvalue weighted by Crippen LogP contribution is 2.31. The second-order valence-corrected chi connectivity index (χ2v) is 5.45. The Hall–Kier alpha value is -0.830. The first-order chi connectivity index (χ1) is 7.83. The lowest BCUT2D eigenvalue weighted by atomic mass is 10.1. The largest absolute Gasteiger partial charge is 0.356 e. The van der Waals surface area contributed by atoms with E-state index in [-0.39, 0.29) is 0 Å². The highest BCUT2D eigenvalue weighted by molar-refractivity contribution is 9.10. The van der Waals surface area contributed by atoms with E-state index in [2.05, 4.69) is 39.0 Å².